The molecule has 0 aliphatic heterocycles. The Hall–Kier alpha value is -2.81. The molecule has 0 N–H and O–H groups in total. The molecule has 3 aromatic rings. The summed E-state index contributed by atoms with van der Waals surface area (Å²) in [6.45, 7) is 4.14. The summed E-state index contributed by atoms with van der Waals surface area (Å²) in [7, 11) is 1.63. The number of ether oxygens (including phenoxy) is 1. The number of carbonyl (C=O) groups is 1. The maximum Gasteiger partial charge on any atom is 0.166 e. The van der Waals surface area contributed by atoms with Gasteiger partial charge in [0, 0.05) is 11.1 Å². The van der Waals surface area contributed by atoms with Crippen LogP contribution in [-0.4, -0.2) is 18.0 Å². The number of aromatic nitrogens is 1. The Labute approximate surface area is 123 Å². The molecule has 1 aromatic heterocycles. The molecule has 0 radical (unpaired) electrons. The summed E-state index contributed by atoms with van der Waals surface area (Å²) in [6.07, 6.45) is 0.856. The lowest BCUT2D eigenvalue weighted by Crippen LogP contribution is -2.01. The van der Waals surface area contributed by atoms with Crippen molar-refractivity contribution in [3.05, 3.63) is 72.4 Å². The van der Waals surface area contributed by atoms with Gasteiger partial charge in [-0.15, -0.1) is 0 Å². The first-order valence-corrected chi connectivity index (χ1v) is 6.64. The summed E-state index contributed by atoms with van der Waals surface area (Å²) in [5.74, 6) is 0.791. The van der Waals surface area contributed by atoms with Gasteiger partial charge in [0.15, 0.2) is 6.29 Å². The number of hydrogen-bond donors (Lipinski definition) is 0. The maximum absolute atomic E-state index is 11.4. The summed E-state index contributed by atoms with van der Waals surface area (Å²) in [5.41, 5.74) is 3.28. The van der Waals surface area contributed by atoms with Crippen molar-refractivity contribution >= 4 is 22.9 Å². The minimum absolute atomic E-state index is 0.594. The predicted octanol–water partition coefficient (Wildman–Crippen LogP) is 3.98. The lowest BCUT2D eigenvalue weighted by Gasteiger charge is -2.12. The molecule has 0 aliphatic rings. The Morgan fingerprint density at radius 1 is 1.14 bits per heavy atom. The molecule has 0 bridgehead atoms. The number of para-hydroxylation sites is 1. The van der Waals surface area contributed by atoms with E-state index in [1.807, 2.05) is 59.2 Å². The van der Waals surface area contributed by atoms with Gasteiger partial charge in [-0.25, -0.2) is 0 Å². The standard InChI is InChI=1S/C18H15NO2/c1-13(14-7-9-17(21-2)10-8-14)19-16(12-20)11-15-5-3-4-6-18(15)19/h3-12H,1H2,2H3. The van der Waals surface area contributed by atoms with Crippen molar-refractivity contribution < 1.29 is 9.53 Å². The van der Waals surface area contributed by atoms with Crippen LogP contribution in [0.15, 0.2) is 61.2 Å². The largest absolute Gasteiger partial charge is 0.497 e. The van der Waals surface area contributed by atoms with Crippen LogP contribution < -0.4 is 4.74 Å². The molecule has 0 saturated heterocycles. The highest BCUT2D eigenvalue weighted by Gasteiger charge is 2.11. The molecule has 0 amide bonds. The molecular formula is C18H15NO2. The van der Waals surface area contributed by atoms with Gasteiger partial charge in [-0.05, 0) is 42.0 Å². The first-order chi connectivity index (χ1) is 10.2. The highest BCUT2D eigenvalue weighted by Crippen LogP contribution is 2.26. The van der Waals surface area contributed by atoms with Crippen LogP contribution in [0.25, 0.3) is 16.6 Å². The monoisotopic (exact) mass is 277 g/mol. The molecule has 104 valence electrons. The fourth-order valence-corrected chi connectivity index (χ4v) is 2.48. The first-order valence-electron chi connectivity index (χ1n) is 6.64. The number of nitrogens with zero attached hydrogens (tertiary/aromatic N) is 1. The normalized spacial score (nSPS) is 10.5. The maximum atomic E-state index is 11.4. The van der Waals surface area contributed by atoms with Gasteiger partial charge in [0.05, 0.1) is 18.3 Å². The molecule has 0 unspecified atom stereocenters. The van der Waals surface area contributed by atoms with E-state index in [0.717, 1.165) is 34.2 Å². The van der Waals surface area contributed by atoms with Gasteiger partial charge in [0.1, 0.15) is 5.75 Å². The number of methoxy groups -OCH3 is 1. The second-order valence-electron chi connectivity index (χ2n) is 4.76. The van der Waals surface area contributed by atoms with E-state index in [-0.39, 0.29) is 0 Å². The number of fused-ring (bicyclic) bond motifs is 1. The highest BCUT2D eigenvalue weighted by atomic mass is 16.5. The minimum atomic E-state index is 0.594. The van der Waals surface area contributed by atoms with E-state index in [1.54, 1.807) is 7.11 Å². The molecule has 0 aliphatic carbocycles. The molecule has 0 fully saturated rings. The van der Waals surface area contributed by atoms with Crippen LogP contribution in [-0.2, 0) is 0 Å². The molecule has 1 heterocycles. The van der Waals surface area contributed by atoms with E-state index in [9.17, 15) is 4.79 Å². The fraction of sp³-hybridized carbons (Fsp3) is 0.0556. The zero-order chi connectivity index (χ0) is 14.8. The molecule has 0 atom stereocenters. The second kappa shape index (κ2) is 5.29. The molecule has 21 heavy (non-hydrogen) atoms. The predicted molar refractivity (Wildman–Crippen MR) is 84.8 cm³/mol. The van der Waals surface area contributed by atoms with Crippen molar-refractivity contribution in [1.29, 1.82) is 0 Å². The van der Waals surface area contributed by atoms with Gasteiger partial charge >= 0.3 is 0 Å². The molecule has 3 nitrogen and oxygen atoms in total. The van der Waals surface area contributed by atoms with E-state index in [0.29, 0.717) is 5.69 Å². The summed E-state index contributed by atoms with van der Waals surface area (Å²) in [5, 5.41) is 1.02. The highest BCUT2D eigenvalue weighted by molar-refractivity contribution is 5.93. The molecular weight excluding hydrogens is 262 g/mol. The van der Waals surface area contributed by atoms with Gasteiger partial charge in [-0.3, -0.25) is 4.79 Å². The van der Waals surface area contributed by atoms with Crippen molar-refractivity contribution in [2.45, 2.75) is 0 Å². The third-order valence-corrected chi connectivity index (χ3v) is 3.55. The average Bonchev–Trinajstić information content (AvgIpc) is 2.92. The Morgan fingerprint density at radius 3 is 2.52 bits per heavy atom. The van der Waals surface area contributed by atoms with Gasteiger partial charge in [0.25, 0.3) is 0 Å². The number of hydrogen-bond acceptors (Lipinski definition) is 2. The van der Waals surface area contributed by atoms with Crippen LogP contribution in [0, 0.1) is 0 Å². The van der Waals surface area contributed by atoms with Crippen molar-refractivity contribution in [2.24, 2.45) is 0 Å². The summed E-state index contributed by atoms with van der Waals surface area (Å²) >= 11 is 0. The number of benzene rings is 2. The van der Waals surface area contributed by atoms with Crippen LogP contribution >= 0.6 is 0 Å². The van der Waals surface area contributed by atoms with E-state index >= 15 is 0 Å². The van der Waals surface area contributed by atoms with Gasteiger partial charge < -0.3 is 9.30 Å². The zero-order valence-electron chi connectivity index (χ0n) is 11.7. The van der Waals surface area contributed by atoms with Crippen molar-refractivity contribution in [3.8, 4) is 5.75 Å². The summed E-state index contributed by atoms with van der Waals surface area (Å²) < 4.78 is 7.04. The zero-order valence-corrected chi connectivity index (χ0v) is 11.7. The van der Waals surface area contributed by atoms with Crippen molar-refractivity contribution in [3.63, 3.8) is 0 Å². The molecule has 3 heteroatoms. The van der Waals surface area contributed by atoms with Crippen LogP contribution in [0.4, 0.5) is 0 Å². The second-order valence-corrected chi connectivity index (χ2v) is 4.76. The Morgan fingerprint density at radius 2 is 1.86 bits per heavy atom. The van der Waals surface area contributed by atoms with Crippen molar-refractivity contribution in [1.82, 2.24) is 4.57 Å². The van der Waals surface area contributed by atoms with Gasteiger partial charge in [0.2, 0.25) is 0 Å². The number of carbonyl (C=O) groups excluding carboxylic acids is 1. The van der Waals surface area contributed by atoms with Crippen LogP contribution in [0.5, 0.6) is 5.75 Å². The number of aldehydes is 1. The van der Waals surface area contributed by atoms with Crippen LogP contribution in [0.1, 0.15) is 16.1 Å². The third-order valence-electron chi connectivity index (χ3n) is 3.55. The summed E-state index contributed by atoms with van der Waals surface area (Å²) in [6, 6.07) is 17.4. The quantitative estimate of drug-likeness (QED) is 0.675. The van der Waals surface area contributed by atoms with E-state index in [4.69, 9.17) is 4.74 Å². The molecule has 3 rings (SSSR count). The average molecular weight is 277 g/mol. The summed E-state index contributed by atoms with van der Waals surface area (Å²) in [4.78, 5) is 11.4. The van der Waals surface area contributed by atoms with Gasteiger partial charge in [-0.1, -0.05) is 24.8 Å². The Bertz CT molecular complexity index is 813. The topological polar surface area (TPSA) is 31.2 Å². The SMILES string of the molecule is C=C(c1ccc(OC)cc1)n1c(C=O)cc2ccccc21. The third kappa shape index (κ3) is 2.23. The molecule has 0 spiro atoms. The smallest absolute Gasteiger partial charge is 0.166 e. The molecule has 0 saturated carbocycles. The van der Waals surface area contributed by atoms with Crippen LogP contribution in [0.3, 0.4) is 0 Å². The minimum Gasteiger partial charge on any atom is -0.497 e. The van der Waals surface area contributed by atoms with Crippen LogP contribution in [0.2, 0.25) is 0 Å². The fourth-order valence-electron chi connectivity index (χ4n) is 2.48. The van der Waals surface area contributed by atoms with E-state index in [1.165, 1.54) is 0 Å². The lowest BCUT2D eigenvalue weighted by molar-refractivity contribution is 0.111. The van der Waals surface area contributed by atoms with E-state index < -0.39 is 0 Å². The van der Waals surface area contributed by atoms with E-state index in [2.05, 4.69) is 6.58 Å². The van der Waals surface area contributed by atoms with Crippen molar-refractivity contribution in [2.75, 3.05) is 7.11 Å². The Balaban J connectivity index is 2.13. The number of rotatable bonds is 4. The Kier molecular flexibility index (Phi) is 3.32. The van der Waals surface area contributed by atoms with Gasteiger partial charge in [-0.2, -0.15) is 0 Å². The lowest BCUT2D eigenvalue weighted by atomic mass is 10.1. The first kappa shape index (κ1) is 13.2. The molecule has 2 aromatic carbocycles.